The topological polar surface area (TPSA) is 45.6 Å². The van der Waals surface area contributed by atoms with Crippen molar-refractivity contribution in [1.82, 2.24) is 24.9 Å². The van der Waals surface area contributed by atoms with E-state index in [0.717, 1.165) is 57.4 Å². The van der Waals surface area contributed by atoms with Crippen LogP contribution in [-0.4, -0.2) is 73.0 Å². The van der Waals surface area contributed by atoms with Gasteiger partial charge in [-0.25, -0.2) is 4.68 Å². The van der Waals surface area contributed by atoms with E-state index < -0.39 is 0 Å². The molecule has 6 heteroatoms. The number of nitrogens with zero attached hydrogens (tertiary/aromatic N) is 4. The standard InChI is InChI=1S/C14H27N5O/c1-12-13(14(20-4)18(3)16-12)11-17(2)9-10-19-7-5-15-6-8-19/h15H,5-11H2,1-4H3. The number of methoxy groups -OCH3 is 1. The fourth-order valence-corrected chi connectivity index (χ4v) is 2.71. The Hall–Kier alpha value is -1.11. The van der Waals surface area contributed by atoms with E-state index in [9.17, 15) is 0 Å². The van der Waals surface area contributed by atoms with Gasteiger partial charge in [-0.2, -0.15) is 5.10 Å². The summed E-state index contributed by atoms with van der Waals surface area (Å²) in [6, 6.07) is 0. The average Bonchev–Trinajstić information content (AvgIpc) is 2.71. The Kier molecular flexibility index (Phi) is 5.39. The highest BCUT2D eigenvalue weighted by Gasteiger charge is 2.16. The Balaban J connectivity index is 1.86. The van der Waals surface area contributed by atoms with Crippen LogP contribution in [0.4, 0.5) is 0 Å². The quantitative estimate of drug-likeness (QED) is 0.800. The second-order valence-corrected chi connectivity index (χ2v) is 5.53. The second kappa shape index (κ2) is 7.06. The lowest BCUT2D eigenvalue weighted by Crippen LogP contribution is -2.45. The lowest BCUT2D eigenvalue weighted by Gasteiger charge is -2.29. The largest absolute Gasteiger partial charge is 0.481 e. The highest BCUT2D eigenvalue weighted by atomic mass is 16.5. The van der Waals surface area contributed by atoms with Crippen molar-refractivity contribution in [3.05, 3.63) is 11.3 Å². The third kappa shape index (κ3) is 3.71. The summed E-state index contributed by atoms with van der Waals surface area (Å²) >= 11 is 0. The molecule has 0 atom stereocenters. The smallest absolute Gasteiger partial charge is 0.216 e. The highest BCUT2D eigenvalue weighted by molar-refractivity contribution is 5.30. The summed E-state index contributed by atoms with van der Waals surface area (Å²) in [6.45, 7) is 9.65. The van der Waals surface area contributed by atoms with Gasteiger partial charge in [-0.15, -0.1) is 0 Å². The molecule has 1 fully saturated rings. The van der Waals surface area contributed by atoms with Gasteiger partial charge < -0.3 is 15.0 Å². The molecule has 1 aromatic heterocycles. The van der Waals surface area contributed by atoms with E-state index >= 15 is 0 Å². The molecule has 0 bridgehead atoms. The van der Waals surface area contributed by atoms with E-state index in [1.165, 1.54) is 5.56 Å². The van der Waals surface area contributed by atoms with Crippen LogP contribution in [0, 0.1) is 6.92 Å². The molecule has 0 radical (unpaired) electrons. The number of hydrogen-bond acceptors (Lipinski definition) is 5. The predicted molar refractivity (Wildman–Crippen MR) is 80.1 cm³/mol. The lowest BCUT2D eigenvalue weighted by molar-refractivity contribution is 0.201. The maximum atomic E-state index is 5.45. The summed E-state index contributed by atoms with van der Waals surface area (Å²) in [5.74, 6) is 0.872. The van der Waals surface area contributed by atoms with Crippen molar-refractivity contribution >= 4 is 0 Å². The molecule has 0 unspecified atom stereocenters. The van der Waals surface area contributed by atoms with Crippen molar-refractivity contribution in [1.29, 1.82) is 0 Å². The number of piperazine rings is 1. The van der Waals surface area contributed by atoms with E-state index in [2.05, 4.69) is 27.3 Å². The van der Waals surface area contributed by atoms with E-state index in [-0.39, 0.29) is 0 Å². The molecule has 6 nitrogen and oxygen atoms in total. The molecule has 1 saturated heterocycles. The number of rotatable bonds is 6. The monoisotopic (exact) mass is 281 g/mol. The minimum Gasteiger partial charge on any atom is -0.481 e. The number of hydrogen-bond donors (Lipinski definition) is 1. The molecule has 1 aliphatic rings. The van der Waals surface area contributed by atoms with Gasteiger partial charge in [0.2, 0.25) is 5.88 Å². The first-order valence-electron chi connectivity index (χ1n) is 7.30. The Bertz CT molecular complexity index is 425. The minimum atomic E-state index is 0.872. The van der Waals surface area contributed by atoms with E-state index in [1.807, 2.05) is 18.7 Å². The Morgan fingerprint density at radius 3 is 2.70 bits per heavy atom. The van der Waals surface area contributed by atoms with Gasteiger partial charge in [-0.1, -0.05) is 0 Å². The number of aromatic nitrogens is 2. The number of ether oxygens (including phenoxy) is 1. The number of aryl methyl sites for hydroxylation is 2. The van der Waals surface area contributed by atoms with E-state index in [4.69, 9.17) is 4.74 Å². The molecular formula is C14H27N5O. The van der Waals surface area contributed by atoms with Crippen LogP contribution in [0.25, 0.3) is 0 Å². The Morgan fingerprint density at radius 2 is 2.05 bits per heavy atom. The number of likely N-dealkylation sites (N-methyl/N-ethyl adjacent to an activating group) is 1. The molecule has 0 spiro atoms. The van der Waals surface area contributed by atoms with Crippen LogP contribution >= 0.6 is 0 Å². The van der Waals surface area contributed by atoms with Crippen LogP contribution in [-0.2, 0) is 13.6 Å². The van der Waals surface area contributed by atoms with Crippen molar-refractivity contribution in [2.75, 3.05) is 53.4 Å². The van der Waals surface area contributed by atoms with Gasteiger partial charge >= 0.3 is 0 Å². The summed E-state index contributed by atoms with van der Waals surface area (Å²) in [5.41, 5.74) is 2.25. The molecule has 114 valence electrons. The fraction of sp³-hybridized carbons (Fsp3) is 0.786. The third-order valence-electron chi connectivity index (χ3n) is 3.92. The van der Waals surface area contributed by atoms with Crippen LogP contribution in [0.2, 0.25) is 0 Å². The fourth-order valence-electron chi connectivity index (χ4n) is 2.71. The normalized spacial score (nSPS) is 16.9. The van der Waals surface area contributed by atoms with Crippen LogP contribution < -0.4 is 10.1 Å². The van der Waals surface area contributed by atoms with Crippen molar-refractivity contribution < 1.29 is 4.74 Å². The summed E-state index contributed by atoms with van der Waals surface area (Å²) < 4.78 is 7.26. The van der Waals surface area contributed by atoms with Crippen LogP contribution in [0.3, 0.4) is 0 Å². The Labute approximate surface area is 121 Å². The molecule has 2 heterocycles. The molecule has 1 N–H and O–H groups in total. The van der Waals surface area contributed by atoms with Gasteiger partial charge in [0.1, 0.15) is 0 Å². The summed E-state index contributed by atoms with van der Waals surface area (Å²) in [7, 11) is 5.80. The van der Waals surface area contributed by atoms with Gasteiger partial charge in [0.05, 0.1) is 18.4 Å². The van der Waals surface area contributed by atoms with Gasteiger partial charge in [0.25, 0.3) is 0 Å². The van der Waals surface area contributed by atoms with Gasteiger partial charge in [0.15, 0.2) is 0 Å². The highest BCUT2D eigenvalue weighted by Crippen LogP contribution is 2.22. The molecule has 2 rings (SSSR count). The summed E-state index contributed by atoms with van der Waals surface area (Å²) in [4.78, 5) is 4.86. The zero-order valence-electron chi connectivity index (χ0n) is 13.1. The molecule has 0 amide bonds. The molecule has 0 aliphatic carbocycles. The first kappa shape index (κ1) is 15.3. The molecule has 20 heavy (non-hydrogen) atoms. The third-order valence-corrected chi connectivity index (χ3v) is 3.92. The van der Waals surface area contributed by atoms with Crippen LogP contribution in [0.15, 0.2) is 0 Å². The predicted octanol–water partition coefficient (Wildman–Crippen LogP) is 0.0741. The first-order valence-corrected chi connectivity index (χ1v) is 7.30. The van der Waals surface area contributed by atoms with Gasteiger partial charge in [-0.3, -0.25) is 4.90 Å². The maximum Gasteiger partial charge on any atom is 0.216 e. The van der Waals surface area contributed by atoms with Crippen LogP contribution in [0.5, 0.6) is 5.88 Å². The lowest BCUT2D eigenvalue weighted by atomic mass is 10.2. The van der Waals surface area contributed by atoms with Crippen molar-refractivity contribution in [2.45, 2.75) is 13.5 Å². The zero-order chi connectivity index (χ0) is 14.5. The summed E-state index contributed by atoms with van der Waals surface area (Å²) in [6.07, 6.45) is 0. The average molecular weight is 281 g/mol. The van der Waals surface area contributed by atoms with Crippen molar-refractivity contribution in [2.24, 2.45) is 7.05 Å². The summed E-state index contributed by atoms with van der Waals surface area (Å²) in [5, 5.41) is 7.82. The second-order valence-electron chi connectivity index (χ2n) is 5.53. The molecular weight excluding hydrogens is 254 g/mol. The number of nitrogens with one attached hydrogen (secondary N) is 1. The van der Waals surface area contributed by atoms with Gasteiger partial charge in [-0.05, 0) is 14.0 Å². The maximum absolute atomic E-state index is 5.45. The molecule has 0 saturated carbocycles. The molecule has 1 aliphatic heterocycles. The molecule has 1 aromatic rings. The van der Waals surface area contributed by atoms with Crippen molar-refractivity contribution in [3.63, 3.8) is 0 Å². The van der Waals surface area contributed by atoms with E-state index in [1.54, 1.807) is 7.11 Å². The first-order chi connectivity index (χ1) is 9.61. The SMILES string of the molecule is COc1c(CN(C)CCN2CCNCC2)c(C)nn1C. The van der Waals surface area contributed by atoms with Crippen LogP contribution in [0.1, 0.15) is 11.3 Å². The minimum absolute atomic E-state index is 0.872. The van der Waals surface area contributed by atoms with Crippen molar-refractivity contribution in [3.8, 4) is 5.88 Å². The zero-order valence-corrected chi connectivity index (χ0v) is 13.1. The Morgan fingerprint density at radius 1 is 1.35 bits per heavy atom. The van der Waals surface area contributed by atoms with Gasteiger partial charge in [0, 0.05) is 52.9 Å². The molecule has 0 aromatic carbocycles. The van der Waals surface area contributed by atoms with E-state index in [0.29, 0.717) is 0 Å².